The summed E-state index contributed by atoms with van der Waals surface area (Å²) in [5.74, 6) is 0. The first-order chi connectivity index (χ1) is 8.28. The second-order valence-corrected chi connectivity index (χ2v) is 6.47. The van der Waals surface area contributed by atoms with Crippen molar-refractivity contribution in [3.05, 3.63) is 27.8 Å². The van der Waals surface area contributed by atoms with Crippen LogP contribution >= 0.6 is 22.6 Å². The van der Waals surface area contributed by atoms with Crippen LogP contribution in [0.25, 0.3) is 0 Å². The zero-order valence-electron chi connectivity index (χ0n) is 10.2. The van der Waals surface area contributed by atoms with Crippen LogP contribution in [0.4, 0.5) is 5.69 Å². The Kier molecular flexibility index (Phi) is 3.30. The van der Waals surface area contributed by atoms with Gasteiger partial charge in [0.25, 0.3) is 0 Å². The van der Waals surface area contributed by atoms with Crippen molar-refractivity contribution < 1.29 is 0 Å². The van der Waals surface area contributed by atoms with E-state index < -0.39 is 0 Å². The summed E-state index contributed by atoms with van der Waals surface area (Å²) in [6.45, 7) is 0. The maximum Gasteiger partial charge on any atom is 0.0371 e. The van der Waals surface area contributed by atoms with Crippen molar-refractivity contribution in [3.63, 3.8) is 0 Å². The number of anilines is 1. The number of benzene rings is 1. The summed E-state index contributed by atoms with van der Waals surface area (Å²) in [7, 11) is 2.10. The molecule has 0 aliphatic carbocycles. The van der Waals surface area contributed by atoms with Crippen molar-refractivity contribution in [3.8, 4) is 0 Å². The minimum Gasteiger partial charge on any atom is -0.365 e. The standard InChI is InChI=1S/C14H19IN2/c1-16-11-8-13-6-7-14(9-11)17(13)12-4-2-10(15)3-5-12/h2-5,11,13-14,16H,6-9H2,1H3. The number of nitrogens with zero attached hydrogens (tertiary/aromatic N) is 1. The molecule has 0 spiro atoms. The van der Waals surface area contributed by atoms with Gasteiger partial charge in [-0.25, -0.2) is 0 Å². The zero-order chi connectivity index (χ0) is 11.8. The van der Waals surface area contributed by atoms with E-state index in [1.807, 2.05) is 0 Å². The zero-order valence-corrected chi connectivity index (χ0v) is 12.4. The molecular weight excluding hydrogens is 323 g/mol. The predicted molar refractivity (Wildman–Crippen MR) is 80.5 cm³/mol. The van der Waals surface area contributed by atoms with Gasteiger partial charge in [-0.15, -0.1) is 0 Å². The molecule has 2 aliphatic heterocycles. The second kappa shape index (κ2) is 4.76. The van der Waals surface area contributed by atoms with E-state index in [0.717, 1.165) is 18.1 Å². The molecule has 2 bridgehead atoms. The fraction of sp³-hybridized carbons (Fsp3) is 0.571. The molecule has 2 nitrogen and oxygen atoms in total. The lowest BCUT2D eigenvalue weighted by molar-refractivity contribution is 0.374. The van der Waals surface area contributed by atoms with Crippen LogP contribution in [0, 0.1) is 3.57 Å². The molecular formula is C14H19IN2. The molecule has 0 saturated carbocycles. The Hall–Kier alpha value is -0.290. The van der Waals surface area contributed by atoms with Gasteiger partial charge in [0.2, 0.25) is 0 Å². The summed E-state index contributed by atoms with van der Waals surface area (Å²) in [4.78, 5) is 2.67. The molecule has 92 valence electrons. The topological polar surface area (TPSA) is 15.3 Å². The van der Waals surface area contributed by atoms with E-state index >= 15 is 0 Å². The quantitative estimate of drug-likeness (QED) is 0.832. The fourth-order valence-electron chi connectivity index (χ4n) is 3.45. The summed E-state index contributed by atoms with van der Waals surface area (Å²) in [6, 6.07) is 11.3. The average Bonchev–Trinajstić information content (AvgIpc) is 2.61. The Balaban J connectivity index is 1.83. The van der Waals surface area contributed by atoms with Crippen molar-refractivity contribution in [2.24, 2.45) is 0 Å². The first-order valence-corrected chi connectivity index (χ1v) is 7.57. The highest BCUT2D eigenvalue weighted by atomic mass is 127. The number of rotatable bonds is 2. The lowest BCUT2D eigenvalue weighted by Crippen LogP contribution is -2.48. The third-order valence-electron chi connectivity index (χ3n) is 4.27. The monoisotopic (exact) mass is 342 g/mol. The molecule has 0 aromatic heterocycles. The van der Waals surface area contributed by atoms with Gasteiger partial charge in [0.15, 0.2) is 0 Å². The summed E-state index contributed by atoms with van der Waals surface area (Å²) in [5, 5.41) is 3.46. The molecule has 1 N–H and O–H groups in total. The Morgan fingerprint density at radius 1 is 1.12 bits per heavy atom. The van der Waals surface area contributed by atoms with Gasteiger partial charge in [0.05, 0.1) is 0 Å². The van der Waals surface area contributed by atoms with Crippen LogP contribution in [0.2, 0.25) is 0 Å². The molecule has 1 aromatic carbocycles. The number of piperidine rings is 1. The average molecular weight is 342 g/mol. The molecule has 2 saturated heterocycles. The number of nitrogens with one attached hydrogen (secondary N) is 1. The minimum absolute atomic E-state index is 0.729. The molecule has 3 rings (SSSR count). The lowest BCUT2D eigenvalue weighted by atomic mass is 9.97. The van der Waals surface area contributed by atoms with Gasteiger partial charge in [-0.1, -0.05) is 0 Å². The van der Waals surface area contributed by atoms with Crippen LogP contribution in [0.15, 0.2) is 24.3 Å². The van der Waals surface area contributed by atoms with E-state index in [2.05, 4.69) is 64.1 Å². The number of hydrogen-bond acceptors (Lipinski definition) is 2. The van der Waals surface area contributed by atoms with E-state index in [-0.39, 0.29) is 0 Å². The summed E-state index contributed by atoms with van der Waals surface area (Å²) in [6.07, 6.45) is 5.35. The second-order valence-electron chi connectivity index (χ2n) is 5.23. The van der Waals surface area contributed by atoms with Crippen LogP contribution in [-0.2, 0) is 0 Å². The molecule has 3 heteroatoms. The van der Waals surface area contributed by atoms with Crippen molar-refractivity contribution >= 4 is 28.3 Å². The summed E-state index contributed by atoms with van der Waals surface area (Å²) in [5.41, 5.74) is 1.42. The highest BCUT2D eigenvalue weighted by molar-refractivity contribution is 14.1. The summed E-state index contributed by atoms with van der Waals surface area (Å²) >= 11 is 2.37. The smallest absolute Gasteiger partial charge is 0.0371 e. The number of halogens is 1. The van der Waals surface area contributed by atoms with Gasteiger partial charge in [0, 0.05) is 27.4 Å². The first-order valence-electron chi connectivity index (χ1n) is 6.49. The maximum atomic E-state index is 3.46. The van der Waals surface area contributed by atoms with Gasteiger partial charge < -0.3 is 10.2 Å². The highest BCUT2D eigenvalue weighted by Crippen LogP contribution is 2.39. The predicted octanol–water partition coefficient (Wildman–Crippen LogP) is 3.01. The van der Waals surface area contributed by atoms with Crippen LogP contribution in [0.5, 0.6) is 0 Å². The van der Waals surface area contributed by atoms with Crippen molar-refractivity contribution in [1.82, 2.24) is 5.32 Å². The van der Waals surface area contributed by atoms with E-state index in [0.29, 0.717) is 0 Å². The number of hydrogen-bond donors (Lipinski definition) is 1. The fourth-order valence-corrected chi connectivity index (χ4v) is 3.81. The molecule has 0 radical (unpaired) electrons. The minimum atomic E-state index is 0.729. The van der Waals surface area contributed by atoms with Crippen molar-refractivity contribution in [2.45, 2.75) is 43.8 Å². The van der Waals surface area contributed by atoms with E-state index in [1.165, 1.54) is 34.9 Å². The molecule has 2 unspecified atom stereocenters. The molecule has 2 fully saturated rings. The van der Waals surface area contributed by atoms with Gasteiger partial charge in [-0.3, -0.25) is 0 Å². The molecule has 2 atom stereocenters. The third kappa shape index (κ3) is 2.19. The van der Waals surface area contributed by atoms with Crippen molar-refractivity contribution in [2.75, 3.05) is 11.9 Å². The SMILES string of the molecule is CNC1CC2CCC(C1)N2c1ccc(I)cc1. The van der Waals surface area contributed by atoms with Gasteiger partial charge >= 0.3 is 0 Å². The van der Waals surface area contributed by atoms with E-state index in [4.69, 9.17) is 0 Å². The van der Waals surface area contributed by atoms with Crippen LogP contribution < -0.4 is 10.2 Å². The third-order valence-corrected chi connectivity index (χ3v) is 4.99. The van der Waals surface area contributed by atoms with Gasteiger partial charge in [-0.05, 0) is 79.6 Å². The van der Waals surface area contributed by atoms with Crippen molar-refractivity contribution in [1.29, 1.82) is 0 Å². The van der Waals surface area contributed by atoms with Crippen LogP contribution in [-0.4, -0.2) is 25.2 Å². The Bertz CT molecular complexity index is 376. The molecule has 0 amide bonds. The number of fused-ring (bicyclic) bond motifs is 2. The Morgan fingerprint density at radius 3 is 2.24 bits per heavy atom. The van der Waals surface area contributed by atoms with E-state index in [1.54, 1.807) is 0 Å². The lowest BCUT2D eigenvalue weighted by Gasteiger charge is -2.40. The van der Waals surface area contributed by atoms with Crippen LogP contribution in [0.1, 0.15) is 25.7 Å². The van der Waals surface area contributed by atoms with Crippen LogP contribution in [0.3, 0.4) is 0 Å². The molecule has 1 aromatic rings. The first kappa shape index (κ1) is 11.8. The highest BCUT2D eigenvalue weighted by Gasteiger charge is 2.40. The Labute approximate surface area is 117 Å². The largest absolute Gasteiger partial charge is 0.365 e. The normalized spacial score (nSPS) is 31.9. The molecule has 17 heavy (non-hydrogen) atoms. The maximum absolute atomic E-state index is 3.46. The van der Waals surface area contributed by atoms with Gasteiger partial charge in [0.1, 0.15) is 0 Å². The molecule has 2 heterocycles. The van der Waals surface area contributed by atoms with Gasteiger partial charge in [-0.2, -0.15) is 0 Å². The molecule has 2 aliphatic rings. The summed E-state index contributed by atoms with van der Waals surface area (Å²) < 4.78 is 1.32. The Morgan fingerprint density at radius 2 is 1.71 bits per heavy atom. The van der Waals surface area contributed by atoms with E-state index in [9.17, 15) is 0 Å².